The first kappa shape index (κ1) is 16.8. The Morgan fingerprint density at radius 1 is 1.33 bits per heavy atom. The topological polar surface area (TPSA) is 55.1 Å². The molecule has 0 aliphatic rings. The Morgan fingerprint density at radius 3 is 2.44 bits per heavy atom. The van der Waals surface area contributed by atoms with Crippen LogP contribution in [0.4, 0.5) is 8.78 Å². The van der Waals surface area contributed by atoms with Gasteiger partial charge in [0, 0.05) is 13.1 Å². The number of carbonyl (C=O) groups excluding carboxylic acids is 1. The Kier molecular flexibility index (Phi) is 6.21. The SMILES string of the molecule is CC(C)(CN)C(=O)NCc1ccc(F)c(F)c1.Cl. The molecule has 1 aromatic rings. The zero-order chi connectivity index (χ0) is 13.1. The van der Waals surface area contributed by atoms with Crippen LogP contribution in [0.3, 0.4) is 0 Å². The number of benzene rings is 1. The Labute approximate surface area is 111 Å². The van der Waals surface area contributed by atoms with E-state index in [2.05, 4.69) is 5.32 Å². The van der Waals surface area contributed by atoms with Crippen molar-refractivity contribution < 1.29 is 13.6 Å². The van der Waals surface area contributed by atoms with E-state index in [0.29, 0.717) is 5.56 Å². The molecule has 0 unspecified atom stereocenters. The van der Waals surface area contributed by atoms with Crippen LogP contribution in [0.25, 0.3) is 0 Å². The molecule has 1 rings (SSSR count). The van der Waals surface area contributed by atoms with Gasteiger partial charge in [0.05, 0.1) is 5.41 Å². The zero-order valence-corrected chi connectivity index (χ0v) is 11.1. The highest BCUT2D eigenvalue weighted by Crippen LogP contribution is 2.13. The van der Waals surface area contributed by atoms with Gasteiger partial charge in [0.15, 0.2) is 11.6 Å². The number of nitrogens with one attached hydrogen (secondary N) is 1. The van der Waals surface area contributed by atoms with Crippen LogP contribution < -0.4 is 11.1 Å². The number of carbonyl (C=O) groups is 1. The van der Waals surface area contributed by atoms with Crippen molar-refractivity contribution in [2.45, 2.75) is 20.4 Å². The van der Waals surface area contributed by atoms with E-state index in [0.717, 1.165) is 12.1 Å². The van der Waals surface area contributed by atoms with Crippen molar-refractivity contribution in [1.82, 2.24) is 5.32 Å². The lowest BCUT2D eigenvalue weighted by Gasteiger charge is -2.21. The molecule has 18 heavy (non-hydrogen) atoms. The van der Waals surface area contributed by atoms with Crippen LogP contribution in [-0.2, 0) is 11.3 Å². The summed E-state index contributed by atoms with van der Waals surface area (Å²) in [5.41, 5.74) is 5.29. The monoisotopic (exact) mass is 278 g/mol. The van der Waals surface area contributed by atoms with Crippen LogP contribution in [0, 0.1) is 17.0 Å². The standard InChI is InChI=1S/C12H16F2N2O.ClH/c1-12(2,7-15)11(17)16-6-8-3-4-9(13)10(14)5-8;/h3-5H,6-7,15H2,1-2H3,(H,16,17);1H. The van der Waals surface area contributed by atoms with Crippen molar-refractivity contribution >= 4 is 18.3 Å². The van der Waals surface area contributed by atoms with Gasteiger partial charge >= 0.3 is 0 Å². The summed E-state index contributed by atoms with van der Waals surface area (Å²) < 4.78 is 25.6. The van der Waals surface area contributed by atoms with Gasteiger partial charge in [0.2, 0.25) is 5.91 Å². The van der Waals surface area contributed by atoms with E-state index in [1.165, 1.54) is 6.07 Å². The molecule has 0 saturated carbocycles. The van der Waals surface area contributed by atoms with Crippen molar-refractivity contribution in [1.29, 1.82) is 0 Å². The number of rotatable bonds is 4. The molecule has 0 saturated heterocycles. The first-order valence-corrected chi connectivity index (χ1v) is 5.29. The quantitative estimate of drug-likeness (QED) is 0.885. The Balaban J connectivity index is 0.00000289. The van der Waals surface area contributed by atoms with E-state index >= 15 is 0 Å². The molecule has 0 fully saturated rings. The minimum absolute atomic E-state index is 0. The Hall–Kier alpha value is -1.20. The molecule has 0 spiro atoms. The normalized spacial score (nSPS) is 10.7. The van der Waals surface area contributed by atoms with Gasteiger partial charge in [0.1, 0.15) is 0 Å². The van der Waals surface area contributed by atoms with Crippen molar-refractivity contribution in [2.75, 3.05) is 6.54 Å². The van der Waals surface area contributed by atoms with Crippen molar-refractivity contribution in [3.05, 3.63) is 35.4 Å². The fourth-order valence-corrected chi connectivity index (χ4v) is 1.16. The van der Waals surface area contributed by atoms with Gasteiger partial charge in [-0.15, -0.1) is 12.4 Å². The molecular weight excluding hydrogens is 262 g/mol. The molecule has 1 amide bonds. The van der Waals surface area contributed by atoms with Gasteiger partial charge in [0.25, 0.3) is 0 Å². The van der Waals surface area contributed by atoms with Gasteiger partial charge in [-0.3, -0.25) is 4.79 Å². The smallest absolute Gasteiger partial charge is 0.227 e. The predicted octanol–water partition coefficient (Wildman–Crippen LogP) is 1.99. The van der Waals surface area contributed by atoms with Gasteiger partial charge < -0.3 is 11.1 Å². The summed E-state index contributed by atoms with van der Waals surface area (Å²) in [7, 11) is 0. The van der Waals surface area contributed by atoms with Crippen LogP contribution in [0.1, 0.15) is 19.4 Å². The predicted molar refractivity (Wildman–Crippen MR) is 68.3 cm³/mol. The molecule has 3 N–H and O–H groups in total. The summed E-state index contributed by atoms with van der Waals surface area (Å²) in [6.45, 7) is 3.80. The number of nitrogens with two attached hydrogens (primary N) is 1. The summed E-state index contributed by atoms with van der Waals surface area (Å²) >= 11 is 0. The zero-order valence-electron chi connectivity index (χ0n) is 10.3. The minimum atomic E-state index is -0.921. The van der Waals surface area contributed by atoms with Crippen LogP contribution in [0.5, 0.6) is 0 Å². The fraction of sp³-hybridized carbons (Fsp3) is 0.417. The minimum Gasteiger partial charge on any atom is -0.352 e. The molecule has 102 valence electrons. The van der Waals surface area contributed by atoms with Gasteiger partial charge in [-0.2, -0.15) is 0 Å². The Morgan fingerprint density at radius 2 is 1.94 bits per heavy atom. The molecule has 0 aliphatic carbocycles. The molecule has 0 aromatic heterocycles. The van der Waals surface area contributed by atoms with Gasteiger partial charge in [-0.05, 0) is 31.5 Å². The van der Waals surface area contributed by atoms with E-state index in [1.54, 1.807) is 13.8 Å². The van der Waals surface area contributed by atoms with E-state index in [9.17, 15) is 13.6 Å². The highest BCUT2D eigenvalue weighted by molar-refractivity contribution is 5.85. The summed E-state index contributed by atoms with van der Waals surface area (Å²) in [6.07, 6.45) is 0. The Bertz CT molecular complexity index is 425. The second-order valence-corrected chi connectivity index (χ2v) is 4.52. The largest absolute Gasteiger partial charge is 0.352 e. The molecule has 0 atom stereocenters. The number of amides is 1. The second kappa shape index (κ2) is 6.66. The molecule has 0 radical (unpaired) electrons. The maximum atomic E-state index is 12.9. The van der Waals surface area contributed by atoms with Gasteiger partial charge in [-0.25, -0.2) is 8.78 Å². The molecule has 0 heterocycles. The molecule has 0 aliphatic heterocycles. The molecular formula is C12H17ClF2N2O. The first-order chi connectivity index (χ1) is 7.86. The average molecular weight is 279 g/mol. The molecule has 0 bridgehead atoms. The third-order valence-corrected chi connectivity index (χ3v) is 2.56. The third kappa shape index (κ3) is 4.23. The lowest BCUT2D eigenvalue weighted by Crippen LogP contribution is -2.41. The number of hydrogen-bond acceptors (Lipinski definition) is 2. The van der Waals surface area contributed by atoms with Crippen LogP contribution in [0.2, 0.25) is 0 Å². The number of hydrogen-bond donors (Lipinski definition) is 2. The van der Waals surface area contributed by atoms with Crippen molar-refractivity contribution in [3.63, 3.8) is 0 Å². The molecule has 3 nitrogen and oxygen atoms in total. The summed E-state index contributed by atoms with van der Waals surface area (Å²) in [6, 6.07) is 3.52. The average Bonchev–Trinajstić information content (AvgIpc) is 2.30. The highest BCUT2D eigenvalue weighted by Gasteiger charge is 2.25. The van der Waals surface area contributed by atoms with E-state index in [-0.39, 0.29) is 31.4 Å². The summed E-state index contributed by atoms with van der Waals surface area (Å²) in [4.78, 5) is 11.7. The molecule has 1 aromatic carbocycles. The van der Waals surface area contributed by atoms with Crippen LogP contribution in [-0.4, -0.2) is 12.5 Å². The van der Waals surface area contributed by atoms with Crippen molar-refractivity contribution in [3.8, 4) is 0 Å². The lowest BCUT2D eigenvalue weighted by atomic mass is 9.92. The first-order valence-electron chi connectivity index (χ1n) is 5.29. The lowest BCUT2D eigenvalue weighted by molar-refractivity contribution is -0.129. The van der Waals surface area contributed by atoms with Crippen molar-refractivity contribution in [2.24, 2.45) is 11.1 Å². The maximum absolute atomic E-state index is 12.9. The summed E-state index contributed by atoms with van der Waals surface area (Å²) in [5.74, 6) is -2.04. The molecule has 6 heteroatoms. The third-order valence-electron chi connectivity index (χ3n) is 2.56. The van der Waals surface area contributed by atoms with Gasteiger partial charge in [-0.1, -0.05) is 6.07 Å². The highest BCUT2D eigenvalue weighted by atomic mass is 35.5. The maximum Gasteiger partial charge on any atom is 0.227 e. The fourth-order valence-electron chi connectivity index (χ4n) is 1.16. The van der Waals surface area contributed by atoms with E-state index < -0.39 is 17.0 Å². The van der Waals surface area contributed by atoms with E-state index in [1.807, 2.05) is 0 Å². The van der Waals surface area contributed by atoms with E-state index in [4.69, 9.17) is 5.73 Å². The summed E-state index contributed by atoms with van der Waals surface area (Å²) in [5, 5.41) is 2.63. The number of halogens is 3. The van der Waals surface area contributed by atoms with Crippen LogP contribution >= 0.6 is 12.4 Å². The van der Waals surface area contributed by atoms with Crippen LogP contribution in [0.15, 0.2) is 18.2 Å². The second-order valence-electron chi connectivity index (χ2n) is 4.52.